The third-order valence-electron chi connectivity index (χ3n) is 4.78. The van der Waals surface area contributed by atoms with Crippen LogP contribution in [0.2, 0.25) is 0 Å². The van der Waals surface area contributed by atoms with Gasteiger partial charge in [0.25, 0.3) is 0 Å². The van der Waals surface area contributed by atoms with E-state index in [2.05, 4.69) is 19.0 Å². The molecule has 1 aromatic carbocycles. The molecule has 1 amide bonds. The van der Waals surface area contributed by atoms with Crippen molar-refractivity contribution < 1.29 is 13.2 Å². The van der Waals surface area contributed by atoms with Gasteiger partial charge in [0.05, 0.1) is 17.6 Å². The van der Waals surface area contributed by atoms with Gasteiger partial charge in [-0.15, -0.1) is 0 Å². The number of pyridine rings is 1. The fourth-order valence-corrected chi connectivity index (χ4v) is 5.55. The molecule has 0 radical (unpaired) electrons. The zero-order valence-electron chi connectivity index (χ0n) is 15.2. The fourth-order valence-electron chi connectivity index (χ4n) is 3.27. The number of hydrogen-bond donors (Lipinski definition) is 1. The first-order chi connectivity index (χ1) is 13.4. The maximum Gasteiger partial charge on any atom is 0.245 e. The number of carbonyl (C=O) groups is 1. The Kier molecular flexibility index (Phi) is 5.09. The normalized spacial score (nSPS) is 18.2. The molecule has 1 fully saturated rings. The molecule has 0 bridgehead atoms. The van der Waals surface area contributed by atoms with E-state index in [0.29, 0.717) is 36.2 Å². The molecule has 0 unspecified atom stereocenters. The molecule has 8 nitrogen and oxygen atoms in total. The topological polar surface area (TPSA) is 105 Å². The quantitative estimate of drug-likeness (QED) is 0.699. The second kappa shape index (κ2) is 7.53. The summed E-state index contributed by atoms with van der Waals surface area (Å²) in [5, 5.41) is 2.78. The fraction of sp³-hybridized carbons (Fsp3) is 0.333. The molecule has 28 heavy (non-hydrogen) atoms. The van der Waals surface area contributed by atoms with E-state index in [9.17, 15) is 13.2 Å². The molecule has 1 saturated heterocycles. The standard InChI is InChI=1S/C18H19N5O3S2/c1-12-7-8-16(19-10-12)20-18(24)13-4-3-9-23(11-13)28(25,26)15-6-2-5-14-17(15)22-27-21-14/h2,5-8,10,13H,3-4,9,11H2,1H3,(H,19,20,24)/t13-/m1/s1. The SMILES string of the molecule is Cc1ccc(NC(=O)[C@@H]2CCCN(S(=O)(=O)c3cccc4nsnc34)C2)nc1. The Balaban J connectivity index is 1.53. The molecular formula is C18H19N5O3S2. The van der Waals surface area contributed by atoms with Gasteiger partial charge in [-0.3, -0.25) is 4.79 Å². The minimum absolute atomic E-state index is 0.133. The highest BCUT2D eigenvalue weighted by Crippen LogP contribution is 2.28. The molecule has 1 aliphatic heterocycles. The van der Waals surface area contributed by atoms with Crippen molar-refractivity contribution in [2.24, 2.45) is 5.92 Å². The number of amides is 1. The number of aryl methyl sites for hydroxylation is 1. The van der Waals surface area contributed by atoms with Crippen LogP contribution in [0.4, 0.5) is 5.82 Å². The number of hydrogen-bond acceptors (Lipinski definition) is 7. The van der Waals surface area contributed by atoms with Gasteiger partial charge in [-0.1, -0.05) is 12.1 Å². The van der Waals surface area contributed by atoms with Gasteiger partial charge in [0.15, 0.2) is 0 Å². The van der Waals surface area contributed by atoms with Crippen molar-refractivity contribution in [3.05, 3.63) is 42.1 Å². The molecule has 3 aromatic rings. The molecule has 2 aromatic heterocycles. The summed E-state index contributed by atoms with van der Waals surface area (Å²) in [6.45, 7) is 2.43. The van der Waals surface area contributed by atoms with Crippen LogP contribution in [0, 0.1) is 12.8 Å². The van der Waals surface area contributed by atoms with E-state index in [4.69, 9.17) is 0 Å². The zero-order valence-corrected chi connectivity index (χ0v) is 16.8. The Morgan fingerprint density at radius 2 is 2.11 bits per heavy atom. The maximum absolute atomic E-state index is 13.2. The Morgan fingerprint density at radius 3 is 2.89 bits per heavy atom. The number of nitrogens with one attached hydrogen (secondary N) is 1. The number of aromatic nitrogens is 3. The van der Waals surface area contributed by atoms with Gasteiger partial charge in [0, 0.05) is 19.3 Å². The van der Waals surface area contributed by atoms with Gasteiger partial charge in [0.1, 0.15) is 21.7 Å². The summed E-state index contributed by atoms with van der Waals surface area (Å²) in [5.41, 5.74) is 1.93. The predicted molar refractivity (Wildman–Crippen MR) is 107 cm³/mol. The molecule has 4 rings (SSSR count). The Morgan fingerprint density at radius 1 is 1.25 bits per heavy atom. The highest BCUT2D eigenvalue weighted by Gasteiger charge is 2.34. The van der Waals surface area contributed by atoms with Gasteiger partial charge >= 0.3 is 0 Å². The van der Waals surface area contributed by atoms with Crippen LogP contribution in [0.1, 0.15) is 18.4 Å². The minimum Gasteiger partial charge on any atom is -0.310 e. The molecular weight excluding hydrogens is 398 g/mol. The average Bonchev–Trinajstić information content (AvgIpc) is 3.18. The van der Waals surface area contributed by atoms with Crippen LogP contribution in [-0.2, 0) is 14.8 Å². The summed E-state index contributed by atoms with van der Waals surface area (Å²) in [6, 6.07) is 8.54. The smallest absolute Gasteiger partial charge is 0.245 e. The van der Waals surface area contributed by atoms with Crippen LogP contribution < -0.4 is 5.32 Å². The van der Waals surface area contributed by atoms with Crippen molar-refractivity contribution in [1.82, 2.24) is 18.0 Å². The number of nitrogens with zero attached hydrogens (tertiary/aromatic N) is 4. The number of piperidine rings is 1. The monoisotopic (exact) mass is 417 g/mol. The minimum atomic E-state index is -3.76. The Labute approximate surface area is 167 Å². The van der Waals surface area contributed by atoms with Crippen molar-refractivity contribution in [1.29, 1.82) is 0 Å². The van der Waals surface area contributed by atoms with Crippen LogP contribution in [0.5, 0.6) is 0 Å². The first-order valence-electron chi connectivity index (χ1n) is 8.90. The summed E-state index contributed by atoms with van der Waals surface area (Å²) in [7, 11) is -3.76. The van der Waals surface area contributed by atoms with Crippen molar-refractivity contribution in [2.75, 3.05) is 18.4 Å². The number of rotatable bonds is 4. The summed E-state index contributed by atoms with van der Waals surface area (Å²) >= 11 is 0.983. The van der Waals surface area contributed by atoms with E-state index >= 15 is 0 Å². The lowest BCUT2D eigenvalue weighted by molar-refractivity contribution is -0.120. The average molecular weight is 418 g/mol. The summed E-state index contributed by atoms with van der Waals surface area (Å²) in [6.07, 6.45) is 2.92. The predicted octanol–water partition coefficient (Wildman–Crippen LogP) is 2.43. The second-order valence-electron chi connectivity index (χ2n) is 6.80. The van der Waals surface area contributed by atoms with Crippen molar-refractivity contribution in [3.8, 4) is 0 Å². The Bertz CT molecular complexity index is 1110. The number of sulfonamides is 1. The molecule has 1 aliphatic rings. The van der Waals surface area contributed by atoms with Gasteiger partial charge in [-0.05, 0) is 43.5 Å². The third-order valence-corrected chi connectivity index (χ3v) is 7.22. The van der Waals surface area contributed by atoms with E-state index in [1.165, 1.54) is 4.31 Å². The number of benzene rings is 1. The molecule has 10 heteroatoms. The highest BCUT2D eigenvalue weighted by atomic mass is 32.2. The largest absolute Gasteiger partial charge is 0.310 e. The first-order valence-corrected chi connectivity index (χ1v) is 11.1. The molecule has 0 spiro atoms. The number of anilines is 1. The highest BCUT2D eigenvalue weighted by molar-refractivity contribution is 7.89. The van der Waals surface area contributed by atoms with Crippen LogP contribution in [0.15, 0.2) is 41.4 Å². The van der Waals surface area contributed by atoms with E-state index in [0.717, 1.165) is 17.3 Å². The maximum atomic E-state index is 13.2. The molecule has 3 heterocycles. The summed E-state index contributed by atoms with van der Waals surface area (Å²) < 4.78 is 36.0. The molecule has 0 saturated carbocycles. The molecule has 1 atom stereocenters. The summed E-state index contributed by atoms with van der Waals surface area (Å²) in [4.78, 5) is 17.0. The molecule has 146 valence electrons. The van der Waals surface area contributed by atoms with Crippen molar-refractivity contribution >= 4 is 44.5 Å². The van der Waals surface area contributed by atoms with E-state index in [1.807, 2.05) is 13.0 Å². The first kappa shape index (κ1) is 18.9. The lowest BCUT2D eigenvalue weighted by atomic mass is 9.99. The number of carbonyl (C=O) groups excluding carboxylic acids is 1. The zero-order chi connectivity index (χ0) is 19.7. The van der Waals surface area contributed by atoms with Crippen LogP contribution in [-0.4, -0.2) is 45.5 Å². The second-order valence-corrected chi connectivity index (χ2v) is 9.24. The third kappa shape index (κ3) is 3.62. The van der Waals surface area contributed by atoms with Crippen LogP contribution >= 0.6 is 11.7 Å². The van der Waals surface area contributed by atoms with Crippen molar-refractivity contribution in [3.63, 3.8) is 0 Å². The van der Waals surface area contributed by atoms with Gasteiger partial charge in [-0.25, -0.2) is 13.4 Å². The van der Waals surface area contributed by atoms with E-state index < -0.39 is 15.9 Å². The van der Waals surface area contributed by atoms with Gasteiger partial charge in [-0.2, -0.15) is 13.1 Å². The molecule has 1 N–H and O–H groups in total. The lowest BCUT2D eigenvalue weighted by Gasteiger charge is -2.31. The van der Waals surface area contributed by atoms with E-state index in [1.54, 1.807) is 30.5 Å². The number of fused-ring (bicyclic) bond motifs is 1. The Hall–Kier alpha value is -2.43. The lowest BCUT2D eigenvalue weighted by Crippen LogP contribution is -2.43. The van der Waals surface area contributed by atoms with Crippen molar-refractivity contribution in [2.45, 2.75) is 24.7 Å². The van der Waals surface area contributed by atoms with Gasteiger partial charge in [0.2, 0.25) is 15.9 Å². The van der Waals surface area contributed by atoms with Gasteiger partial charge < -0.3 is 5.32 Å². The summed E-state index contributed by atoms with van der Waals surface area (Å²) in [5.74, 6) is -0.182. The van der Waals surface area contributed by atoms with Crippen LogP contribution in [0.25, 0.3) is 11.0 Å². The molecule has 0 aliphatic carbocycles. The van der Waals surface area contributed by atoms with E-state index in [-0.39, 0.29) is 17.3 Å². The van der Waals surface area contributed by atoms with Crippen LogP contribution in [0.3, 0.4) is 0 Å².